The molecule has 27 heteroatoms. The molecule has 4 heterocycles. The second-order valence-electron chi connectivity index (χ2n) is 27.3. The number of aliphatic hydroxyl groups excluding tert-OH is 12. The summed E-state index contributed by atoms with van der Waals surface area (Å²) in [4.78, 5) is 54.0. The average molecular weight is 1230 g/mol. The third kappa shape index (κ3) is 10.9. The van der Waals surface area contributed by atoms with E-state index in [2.05, 4.69) is 26.8 Å². The minimum Gasteiger partial charge on any atom is -0.479 e. The van der Waals surface area contributed by atoms with Crippen molar-refractivity contribution in [1.82, 2.24) is 0 Å². The van der Waals surface area contributed by atoms with Crippen LogP contribution >= 0.6 is 0 Å². The van der Waals surface area contributed by atoms with E-state index in [1.807, 2.05) is 13.8 Å². The van der Waals surface area contributed by atoms with Gasteiger partial charge in [-0.1, -0.05) is 59.3 Å². The number of hydrogen-bond donors (Lipinski definition) is 13. The Morgan fingerprint density at radius 3 is 1.90 bits per heavy atom. The lowest BCUT2D eigenvalue weighted by atomic mass is 9.33. The van der Waals surface area contributed by atoms with Crippen molar-refractivity contribution < 1.29 is 133 Å². The molecule has 0 aromatic heterocycles. The van der Waals surface area contributed by atoms with Crippen LogP contribution in [0.1, 0.15) is 107 Å². The van der Waals surface area contributed by atoms with Crippen molar-refractivity contribution in [2.75, 3.05) is 26.4 Å². The van der Waals surface area contributed by atoms with Crippen LogP contribution in [0.2, 0.25) is 0 Å². The quantitative estimate of drug-likeness (QED) is 0.0277. The summed E-state index contributed by atoms with van der Waals surface area (Å²) in [6.45, 7) is 13.9. The predicted octanol–water partition coefficient (Wildman–Crippen LogP) is -2.01. The Labute approximate surface area is 498 Å². The lowest BCUT2D eigenvalue weighted by Crippen LogP contribution is -2.72. The van der Waals surface area contributed by atoms with Crippen LogP contribution in [0.4, 0.5) is 0 Å². The Balaban J connectivity index is 1.02. The van der Waals surface area contributed by atoms with Crippen molar-refractivity contribution in [3.63, 3.8) is 0 Å². The summed E-state index contributed by atoms with van der Waals surface area (Å²) in [6.07, 6.45) is -32.0. The summed E-state index contributed by atoms with van der Waals surface area (Å²) in [5.41, 5.74) is -4.35. The number of aldehydes is 1. The van der Waals surface area contributed by atoms with E-state index in [1.165, 1.54) is 6.92 Å². The van der Waals surface area contributed by atoms with E-state index < -0.39 is 224 Å². The molecule has 13 N–H and O–H groups in total. The zero-order chi connectivity index (χ0) is 63.3. The SMILES string of the molecule is CC=C(C)C(=O)OC1C(OC(C)=O)C2(CO)C(O)CC3(C)C(=CCC4C5(C)CCC(OC6OC(C(=O)O)C(OC7OCC(O)C(O)C7OC7OCC(O)C(O)C7O)C(O)C6OC6OC(CO)C(O)C(O)C6O)C(C)(C=O)C5CCC43C)C2CC1(C)C. The highest BCUT2D eigenvalue weighted by Gasteiger charge is 2.74. The van der Waals surface area contributed by atoms with Crippen molar-refractivity contribution in [2.45, 2.75) is 242 Å². The van der Waals surface area contributed by atoms with Gasteiger partial charge in [-0.2, -0.15) is 0 Å². The Morgan fingerprint density at radius 2 is 1.28 bits per heavy atom. The monoisotopic (exact) mass is 1230 g/mol. The molecule has 9 rings (SSSR count). The van der Waals surface area contributed by atoms with Crippen LogP contribution in [0.15, 0.2) is 23.3 Å². The van der Waals surface area contributed by atoms with Crippen LogP contribution in [0.25, 0.3) is 0 Å². The molecule has 5 aliphatic carbocycles. The fourth-order valence-corrected chi connectivity index (χ4v) is 17.0. The van der Waals surface area contributed by atoms with E-state index >= 15 is 0 Å². The first kappa shape index (κ1) is 67.2. The van der Waals surface area contributed by atoms with Crippen LogP contribution in [-0.4, -0.2) is 252 Å². The van der Waals surface area contributed by atoms with Crippen molar-refractivity contribution in [1.29, 1.82) is 0 Å². The number of esters is 2. The maximum absolute atomic E-state index is 14.1. The summed E-state index contributed by atoms with van der Waals surface area (Å²) in [5.74, 6) is -4.19. The average Bonchev–Trinajstić information content (AvgIpc) is 0.672. The molecule has 27 nitrogen and oxygen atoms in total. The fourth-order valence-electron chi connectivity index (χ4n) is 17.0. The van der Waals surface area contributed by atoms with Gasteiger partial charge in [0.25, 0.3) is 0 Å². The second kappa shape index (κ2) is 24.8. The first-order valence-corrected chi connectivity index (χ1v) is 29.9. The Bertz CT molecular complexity index is 2550. The normalized spacial score (nSPS) is 51.1. The van der Waals surface area contributed by atoms with Crippen molar-refractivity contribution in [3.05, 3.63) is 23.3 Å². The van der Waals surface area contributed by atoms with E-state index in [-0.39, 0.29) is 18.8 Å². The van der Waals surface area contributed by atoms with Crippen LogP contribution in [0.3, 0.4) is 0 Å². The molecule has 0 spiro atoms. The van der Waals surface area contributed by atoms with E-state index in [0.29, 0.717) is 37.7 Å². The smallest absolute Gasteiger partial charge is 0.335 e. The largest absolute Gasteiger partial charge is 0.479 e. The number of allylic oxidation sites excluding steroid dienone is 3. The number of rotatable bonds is 15. The molecule has 30 unspecified atom stereocenters. The first-order valence-electron chi connectivity index (χ1n) is 29.9. The van der Waals surface area contributed by atoms with Gasteiger partial charge in [0.2, 0.25) is 0 Å². The molecule has 86 heavy (non-hydrogen) atoms. The predicted molar refractivity (Wildman–Crippen MR) is 289 cm³/mol. The number of fused-ring (bicyclic) bond motifs is 7. The summed E-state index contributed by atoms with van der Waals surface area (Å²) in [5, 5.41) is 144. The van der Waals surface area contributed by atoms with E-state index in [9.17, 15) is 85.6 Å². The summed E-state index contributed by atoms with van der Waals surface area (Å²) in [7, 11) is 0. The Hall–Kier alpha value is -3.24. The van der Waals surface area contributed by atoms with Crippen molar-refractivity contribution in [3.8, 4) is 0 Å². The molecule has 0 radical (unpaired) electrons. The standard InChI is InChI=1S/C59H90O27/c1-10-24(2)49(76)86-46-47(79-25(3)63)59(23-62)27(17-54(46,4)5)26-11-12-32-55(6)15-14-34(56(7,22-61)31(55)13-16-57(32,8)58(26,9)18-33(59)66)81-53-44(84-51-40(72)38(70)37(69)30(19-60)80-51)41(73)42(45(85-53)48(74)75)82-52-43(36(68)29(65)21-78-52)83-50-39(71)35(67)28(64)20-77-50/h10-11,22,27-47,50-53,60,62,64-73H,12-21,23H2,1-9H3,(H,74,75). The number of carbonyl (C=O) groups excluding carboxylic acids is 3. The number of hydrogen-bond acceptors (Lipinski definition) is 26. The van der Waals surface area contributed by atoms with Crippen molar-refractivity contribution in [2.24, 2.45) is 50.2 Å². The van der Waals surface area contributed by atoms with Crippen LogP contribution in [-0.2, 0) is 66.5 Å². The number of ether oxygens (including phenoxy) is 10. The third-order valence-electron chi connectivity index (χ3n) is 22.2. The molecule has 9 aliphatic rings. The zero-order valence-corrected chi connectivity index (χ0v) is 50.0. The second-order valence-corrected chi connectivity index (χ2v) is 27.3. The molecule has 30 atom stereocenters. The fraction of sp³-hybridized carbons (Fsp3) is 0.864. The molecule has 4 aliphatic heterocycles. The lowest BCUT2D eigenvalue weighted by molar-refractivity contribution is -0.393. The number of carboxylic acid groups (broad SMARTS) is 1. The van der Waals surface area contributed by atoms with Gasteiger partial charge in [0.15, 0.2) is 31.3 Å². The highest BCUT2D eigenvalue weighted by molar-refractivity contribution is 5.87. The zero-order valence-electron chi connectivity index (χ0n) is 50.0. The molecule has 0 aromatic rings. The molecule has 0 bridgehead atoms. The number of carbonyl (C=O) groups is 4. The highest BCUT2D eigenvalue weighted by Crippen LogP contribution is 2.76. The molecular weight excluding hydrogens is 1140 g/mol. The van der Waals surface area contributed by atoms with Gasteiger partial charge in [0.05, 0.1) is 49.5 Å². The molecule has 0 amide bonds. The molecule has 4 saturated carbocycles. The molecule has 8 fully saturated rings. The van der Waals surface area contributed by atoms with Gasteiger partial charge in [-0.25, -0.2) is 9.59 Å². The van der Waals surface area contributed by atoms with E-state index in [1.54, 1.807) is 26.8 Å². The summed E-state index contributed by atoms with van der Waals surface area (Å²) in [6, 6.07) is 0. The van der Waals surface area contributed by atoms with E-state index in [4.69, 9.17) is 47.4 Å². The number of aliphatic hydroxyl groups is 12. The van der Waals surface area contributed by atoms with E-state index in [0.717, 1.165) is 11.9 Å². The maximum Gasteiger partial charge on any atom is 0.335 e. The summed E-state index contributed by atoms with van der Waals surface area (Å²) >= 11 is 0. The molecule has 0 aromatic carbocycles. The van der Waals surface area contributed by atoms with Gasteiger partial charge in [-0.05, 0) is 92.8 Å². The number of aliphatic carboxylic acids is 1. The first-order chi connectivity index (χ1) is 40.3. The van der Waals surface area contributed by atoms with Crippen LogP contribution in [0.5, 0.6) is 0 Å². The van der Waals surface area contributed by atoms with Crippen LogP contribution in [0, 0.1) is 50.2 Å². The molecular formula is C59H90O27. The van der Waals surface area contributed by atoms with Gasteiger partial charge in [-0.15, -0.1) is 0 Å². The summed E-state index contributed by atoms with van der Waals surface area (Å²) < 4.78 is 59.9. The third-order valence-corrected chi connectivity index (χ3v) is 22.2. The van der Waals surface area contributed by atoms with Gasteiger partial charge < -0.3 is 119 Å². The van der Waals surface area contributed by atoms with Gasteiger partial charge in [0, 0.05) is 17.9 Å². The highest BCUT2D eigenvalue weighted by atomic mass is 16.8. The van der Waals surface area contributed by atoms with Crippen LogP contribution < -0.4 is 0 Å². The minimum absolute atomic E-state index is 0.127. The minimum atomic E-state index is -2.24. The lowest BCUT2D eigenvalue weighted by Gasteiger charge is -2.72. The van der Waals surface area contributed by atoms with Gasteiger partial charge in [-0.3, -0.25) is 4.79 Å². The van der Waals surface area contributed by atoms with Crippen molar-refractivity contribution >= 4 is 24.2 Å². The Morgan fingerprint density at radius 1 is 0.663 bits per heavy atom. The van der Waals surface area contributed by atoms with Gasteiger partial charge >= 0.3 is 17.9 Å². The maximum atomic E-state index is 14.1. The number of carboxylic acids is 1. The molecule has 4 saturated heterocycles. The Kier molecular flexibility index (Phi) is 19.3. The topological polar surface area (TPSA) is 424 Å². The molecule has 488 valence electrons. The van der Waals surface area contributed by atoms with Gasteiger partial charge in [0.1, 0.15) is 97.8 Å².